The van der Waals surface area contributed by atoms with Crippen molar-refractivity contribution in [1.29, 1.82) is 0 Å². The number of carbonyl (C=O) groups excluding carboxylic acids is 2. The molecule has 1 atom stereocenters. The Morgan fingerprint density at radius 1 is 1.03 bits per heavy atom. The van der Waals surface area contributed by atoms with E-state index >= 15 is 0 Å². The average Bonchev–Trinajstić information content (AvgIpc) is 2.78. The molecule has 1 saturated heterocycles. The highest BCUT2D eigenvalue weighted by molar-refractivity contribution is 5.89. The lowest BCUT2D eigenvalue weighted by atomic mass is 9.98. The van der Waals surface area contributed by atoms with Gasteiger partial charge in [0, 0.05) is 39.0 Å². The van der Waals surface area contributed by atoms with Crippen molar-refractivity contribution in [3.05, 3.63) is 90.0 Å². The van der Waals surface area contributed by atoms with Crippen molar-refractivity contribution in [1.82, 2.24) is 14.8 Å². The first kappa shape index (κ1) is 20.7. The summed E-state index contributed by atoms with van der Waals surface area (Å²) in [5.74, 6) is -0.607. The number of aromatic nitrogens is 1. The Balaban J connectivity index is 1.52. The van der Waals surface area contributed by atoms with Crippen LogP contribution in [0.1, 0.15) is 11.1 Å². The molecule has 1 aliphatic heterocycles. The molecule has 0 saturated carbocycles. The molecule has 1 aromatic heterocycles. The average molecular weight is 417 g/mol. The van der Waals surface area contributed by atoms with Crippen molar-refractivity contribution in [2.75, 3.05) is 20.1 Å². The molecule has 158 valence electrons. The number of pyridine rings is 1. The maximum absolute atomic E-state index is 13.5. The van der Waals surface area contributed by atoms with Crippen LogP contribution < -0.4 is 0 Å². The predicted octanol–water partition coefficient (Wildman–Crippen LogP) is 3.34. The smallest absolute Gasteiger partial charge is 0.245 e. The third kappa shape index (κ3) is 4.79. The molecule has 2 aromatic carbocycles. The number of hydrogen-bond donors (Lipinski definition) is 0. The van der Waals surface area contributed by atoms with Gasteiger partial charge in [0.25, 0.3) is 0 Å². The lowest BCUT2D eigenvalue weighted by Crippen LogP contribution is -2.58. The molecule has 0 unspecified atom stereocenters. The van der Waals surface area contributed by atoms with Gasteiger partial charge in [-0.1, -0.05) is 42.5 Å². The van der Waals surface area contributed by atoms with Gasteiger partial charge >= 0.3 is 0 Å². The van der Waals surface area contributed by atoms with E-state index in [1.165, 1.54) is 12.1 Å². The summed E-state index contributed by atoms with van der Waals surface area (Å²) in [6.07, 6.45) is 4.05. The van der Waals surface area contributed by atoms with Gasteiger partial charge < -0.3 is 9.80 Å². The number of carbonyl (C=O) groups is 2. The molecular weight excluding hydrogens is 393 g/mol. The van der Waals surface area contributed by atoms with E-state index in [4.69, 9.17) is 0 Å². The first-order valence-electron chi connectivity index (χ1n) is 10.3. The normalized spacial score (nSPS) is 16.5. The van der Waals surface area contributed by atoms with Crippen LogP contribution in [0.2, 0.25) is 0 Å². The van der Waals surface area contributed by atoms with Crippen molar-refractivity contribution in [3.8, 4) is 11.1 Å². The van der Waals surface area contributed by atoms with E-state index in [1.54, 1.807) is 41.4 Å². The minimum Gasteiger partial charge on any atom is -0.342 e. The van der Waals surface area contributed by atoms with Crippen LogP contribution in [0.25, 0.3) is 11.1 Å². The molecule has 5 nitrogen and oxygen atoms in total. The second-order valence-electron chi connectivity index (χ2n) is 7.81. The SMILES string of the molecule is CN1CCN(C(=O)Cc2cccc(F)c2)[C@H](Cc2ccc(-c3cccnc3)cc2)C1=O. The molecule has 0 aliphatic carbocycles. The minimum atomic E-state index is -0.566. The molecule has 0 spiro atoms. The van der Waals surface area contributed by atoms with Gasteiger partial charge in [0.1, 0.15) is 11.9 Å². The summed E-state index contributed by atoms with van der Waals surface area (Å²) >= 11 is 0. The zero-order valence-electron chi connectivity index (χ0n) is 17.4. The van der Waals surface area contributed by atoms with Gasteiger partial charge in [-0.05, 0) is 40.5 Å². The highest BCUT2D eigenvalue weighted by Crippen LogP contribution is 2.22. The lowest BCUT2D eigenvalue weighted by molar-refractivity contribution is -0.149. The van der Waals surface area contributed by atoms with E-state index in [1.807, 2.05) is 36.4 Å². The first-order valence-corrected chi connectivity index (χ1v) is 10.3. The van der Waals surface area contributed by atoms with Gasteiger partial charge in [-0.3, -0.25) is 14.6 Å². The first-order chi connectivity index (χ1) is 15.0. The third-order valence-electron chi connectivity index (χ3n) is 5.66. The standard InChI is InChI=1S/C25H24FN3O2/c1-28-12-13-29(24(30)16-19-4-2-6-22(26)14-19)23(25(28)31)15-18-7-9-20(10-8-18)21-5-3-11-27-17-21/h2-11,14,17,23H,12-13,15-16H2,1H3/t23-/m1/s1. The number of likely N-dealkylation sites (N-methyl/N-ethyl adjacent to an activating group) is 1. The predicted molar refractivity (Wildman–Crippen MR) is 117 cm³/mol. The van der Waals surface area contributed by atoms with Crippen LogP contribution in [0.15, 0.2) is 73.1 Å². The Kier molecular flexibility index (Phi) is 6.07. The number of nitrogens with zero attached hydrogens (tertiary/aromatic N) is 3. The quantitative estimate of drug-likeness (QED) is 0.640. The highest BCUT2D eigenvalue weighted by atomic mass is 19.1. The van der Waals surface area contributed by atoms with Crippen molar-refractivity contribution in [3.63, 3.8) is 0 Å². The Morgan fingerprint density at radius 2 is 1.84 bits per heavy atom. The van der Waals surface area contributed by atoms with Crippen LogP contribution in [0.4, 0.5) is 4.39 Å². The number of rotatable bonds is 5. The van der Waals surface area contributed by atoms with Crippen LogP contribution in [0.5, 0.6) is 0 Å². The van der Waals surface area contributed by atoms with Crippen LogP contribution in [0.3, 0.4) is 0 Å². The zero-order chi connectivity index (χ0) is 21.8. The summed E-state index contributed by atoms with van der Waals surface area (Å²) in [7, 11) is 1.76. The Bertz CT molecular complexity index is 1070. The molecule has 0 N–H and O–H groups in total. The number of piperazine rings is 1. The minimum absolute atomic E-state index is 0.0739. The van der Waals surface area contributed by atoms with Crippen molar-refractivity contribution < 1.29 is 14.0 Å². The number of benzene rings is 2. The fourth-order valence-corrected chi connectivity index (χ4v) is 3.92. The van der Waals surface area contributed by atoms with Crippen LogP contribution in [-0.2, 0) is 22.4 Å². The number of amides is 2. The molecule has 1 aliphatic rings. The van der Waals surface area contributed by atoms with E-state index < -0.39 is 6.04 Å². The van der Waals surface area contributed by atoms with Gasteiger partial charge in [-0.2, -0.15) is 0 Å². The Morgan fingerprint density at radius 3 is 2.55 bits per heavy atom. The highest BCUT2D eigenvalue weighted by Gasteiger charge is 2.35. The summed E-state index contributed by atoms with van der Waals surface area (Å²) < 4.78 is 13.5. The third-order valence-corrected chi connectivity index (χ3v) is 5.66. The molecule has 0 bridgehead atoms. The van der Waals surface area contributed by atoms with E-state index in [2.05, 4.69) is 4.98 Å². The molecular formula is C25H24FN3O2. The molecule has 6 heteroatoms. The lowest BCUT2D eigenvalue weighted by Gasteiger charge is -2.39. The van der Waals surface area contributed by atoms with E-state index in [0.29, 0.717) is 25.1 Å². The van der Waals surface area contributed by atoms with Crippen LogP contribution in [0, 0.1) is 5.82 Å². The maximum atomic E-state index is 13.5. The van der Waals surface area contributed by atoms with Crippen molar-refractivity contribution in [2.24, 2.45) is 0 Å². The monoisotopic (exact) mass is 417 g/mol. The molecule has 2 heterocycles. The second-order valence-corrected chi connectivity index (χ2v) is 7.81. The molecule has 3 aromatic rings. The fraction of sp³-hybridized carbons (Fsp3) is 0.240. The summed E-state index contributed by atoms with van der Waals surface area (Å²) in [5.41, 5.74) is 3.65. The van der Waals surface area contributed by atoms with Gasteiger partial charge in [0.05, 0.1) is 6.42 Å². The number of hydrogen-bond acceptors (Lipinski definition) is 3. The van der Waals surface area contributed by atoms with Gasteiger partial charge in [0.15, 0.2) is 0 Å². The van der Waals surface area contributed by atoms with Crippen molar-refractivity contribution >= 4 is 11.8 Å². The Labute approximate surface area is 181 Å². The van der Waals surface area contributed by atoms with E-state index in [-0.39, 0.29) is 24.1 Å². The fourth-order valence-electron chi connectivity index (χ4n) is 3.92. The van der Waals surface area contributed by atoms with E-state index in [9.17, 15) is 14.0 Å². The van der Waals surface area contributed by atoms with Gasteiger partial charge in [-0.15, -0.1) is 0 Å². The summed E-state index contributed by atoms with van der Waals surface area (Å²) in [4.78, 5) is 33.4. The summed E-state index contributed by atoms with van der Waals surface area (Å²) in [5, 5.41) is 0. The molecule has 1 fully saturated rings. The molecule has 0 radical (unpaired) electrons. The Hall–Kier alpha value is -3.54. The van der Waals surface area contributed by atoms with Crippen LogP contribution >= 0.6 is 0 Å². The summed E-state index contributed by atoms with van der Waals surface area (Å²) in [6, 6.07) is 17.3. The number of halogens is 1. The van der Waals surface area contributed by atoms with Crippen molar-refractivity contribution in [2.45, 2.75) is 18.9 Å². The van der Waals surface area contributed by atoms with Gasteiger partial charge in [-0.25, -0.2) is 4.39 Å². The zero-order valence-corrected chi connectivity index (χ0v) is 17.4. The molecule has 31 heavy (non-hydrogen) atoms. The van der Waals surface area contributed by atoms with Gasteiger partial charge in [0.2, 0.25) is 11.8 Å². The maximum Gasteiger partial charge on any atom is 0.245 e. The van der Waals surface area contributed by atoms with E-state index in [0.717, 1.165) is 16.7 Å². The largest absolute Gasteiger partial charge is 0.342 e. The summed E-state index contributed by atoms with van der Waals surface area (Å²) in [6.45, 7) is 0.957. The second kappa shape index (κ2) is 9.08. The van der Waals surface area contributed by atoms with Crippen LogP contribution in [-0.4, -0.2) is 52.8 Å². The molecule has 4 rings (SSSR count). The topological polar surface area (TPSA) is 53.5 Å². The molecule has 2 amide bonds.